The second kappa shape index (κ2) is 40.6. The maximum atomic E-state index is 12.6. The van der Waals surface area contributed by atoms with Gasteiger partial charge in [-0.05, 0) is 144 Å². The highest BCUT2D eigenvalue weighted by Gasteiger charge is 2.34. The zero-order chi connectivity index (χ0) is 83.7. The minimum atomic E-state index is -0.385. The summed E-state index contributed by atoms with van der Waals surface area (Å²) in [4.78, 5) is 115. The number of fused-ring (bicyclic) bond motifs is 4. The lowest BCUT2D eigenvalue weighted by molar-refractivity contribution is -0.123. The highest BCUT2D eigenvalue weighted by Crippen LogP contribution is 2.37. The van der Waals surface area contributed by atoms with Crippen molar-refractivity contribution >= 4 is 70.0 Å². The van der Waals surface area contributed by atoms with Gasteiger partial charge in [0.1, 0.15) is 73.1 Å². The second-order valence-electron chi connectivity index (χ2n) is 28.3. The average molecular weight is 1610 g/mol. The number of nitrogens with one attached hydrogen (secondary N) is 8. The van der Waals surface area contributed by atoms with Crippen molar-refractivity contribution in [2.24, 2.45) is 22.9 Å². The van der Waals surface area contributed by atoms with E-state index in [4.69, 9.17) is 41.9 Å². The summed E-state index contributed by atoms with van der Waals surface area (Å²) in [7, 11) is 0. The van der Waals surface area contributed by atoms with E-state index in [9.17, 15) is 38.4 Å². The molecule has 120 heavy (non-hydrogen) atoms. The Labute approximate surface area is 691 Å². The van der Waals surface area contributed by atoms with E-state index < -0.39 is 0 Å². The number of para-hydroxylation sites is 4. The molecule has 4 aliphatic heterocycles. The number of benzene rings is 8. The molecule has 0 saturated carbocycles. The van der Waals surface area contributed by atoms with Gasteiger partial charge in [-0.3, -0.25) is 58.3 Å². The molecule has 8 amide bonds. The number of nitrogens with two attached hydrogens (primary N) is 4. The molecule has 8 heterocycles. The number of hydrogen-bond donors (Lipinski definition) is 12. The van der Waals surface area contributed by atoms with E-state index >= 15 is 0 Å². The third-order valence-electron chi connectivity index (χ3n) is 20.2. The van der Waals surface area contributed by atoms with Crippen LogP contribution in [0.5, 0.6) is 23.0 Å². The van der Waals surface area contributed by atoms with E-state index in [0.29, 0.717) is 97.6 Å². The lowest BCUT2D eigenvalue weighted by Gasteiger charge is -2.16. The molecule has 0 fully saturated rings. The highest BCUT2D eigenvalue weighted by molar-refractivity contribution is 6.06. The van der Waals surface area contributed by atoms with Crippen LogP contribution in [0.4, 0.5) is 22.7 Å². The van der Waals surface area contributed by atoms with Crippen LogP contribution in [0.25, 0.3) is 0 Å². The van der Waals surface area contributed by atoms with E-state index in [-0.39, 0.29) is 95.1 Å². The largest absolute Gasteiger partial charge is 0.492 e. The van der Waals surface area contributed by atoms with Crippen molar-refractivity contribution in [2.75, 3.05) is 73.9 Å². The molecule has 4 aliphatic rings. The molecule has 0 saturated heterocycles. The zero-order valence-electron chi connectivity index (χ0n) is 65.0. The van der Waals surface area contributed by atoms with Gasteiger partial charge < -0.3 is 84.4 Å². The number of rotatable bonds is 24. The van der Waals surface area contributed by atoms with E-state index in [1.165, 1.54) is 0 Å². The maximum Gasteiger partial charge on any atom is 0.255 e. The molecule has 608 valence electrons. The topological polar surface area (TPSA) is 425 Å². The summed E-state index contributed by atoms with van der Waals surface area (Å²) in [6.45, 7) is 2.51. The maximum absolute atomic E-state index is 12.6. The molecule has 8 aromatic carbocycles. The van der Waals surface area contributed by atoms with Crippen molar-refractivity contribution < 1.29 is 57.3 Å². The molecule has 0 spiro atoms. The fourth-order valence-electron chi connectivity index (χ4n) is 13.4. The van der Waals surface area contributed by atoms with Gasteiger partial charge in [-0.25, -0.2) is 0 Å². The van der Waals surface area contributed by atoms with Crippen LogP contribution in [-0.2, 0) is 19.2 Å². The predicted octanol–water partition coefficient (Wildman–Crippen LogP) is 10.5. The van der Waals surface area contributed by atoms with Crippen molar-refractivity contribution in [3.8, 4) is 23.0 Å². The molecule has 12 aromatic rings. The van der Waals surface area contributed by atoms with Gasteiger partial charge in [0.2, 0.25) is 23.6 Å². The zero-order valence-corrected chi connectivity index (χ0v) is 65.0. The quantitative estimate of drug-likeness (QED) is 0.0267. The third-order valence-corrected chi connectivity index (χ3v) is 20.2. The molecule has 16 N–H and O–H groups in total. The Bertz CT molecular complexity index is 4830. The number of nitrogens with zero attached hydrogens (tertiary/aromatic N) is 4. The van der Waals surface area contributed by atoms with Crippen molar-refractivity contribution in [1.29, 1.82) is 0 Å². The SMILES string of the molecule is N[C@@H](CNC(=O)[C@@H]1COc2ccccc21)c1ccc(C(=O)Nc2ccncc2)cc1.N[C@@H](CNC(=O)[C@H]1COc2ccccc21)c1ccc(C(=O)Nc2ccncc2)cc1.N[C@H](CNC(=O)C1COc2ccccc21)c1ccc(C(=O)Nc2ccncc2)cc1.N[C@H](CNC(=O)[C@H]1COc2ccccc21)c1ccc(C(=O)Nc2ccncc2)cc1. The van der Waals surface area contributed by atoms with E-state index in [1.54, 1.807) is 195 Å². The average Bonchev–Trinajstić information content (AvgIpc) is 1.66. The number of amides is 8. The number of carbonyl (C=O) groups excluding carboxylic acids is 8. The van der Waals surface area contributed by atoms with E-state index in [2.05, 4.69) is 62.5 Å². The summed E-state index contributed by atoms with van der Waals surface area (Å²) < 4.78 is 22.3. The third kappa shape index (κ3) is 22.0. The summed E-state index contributed by atoms with van der Waals surface area (Å²) in [5.41, 5.74) is 36.6. The fourth-order valence-corrected chi connectivity index (χ4v) is 13.4. The Morgan fingerprint density at radius 1 is 0.267 bits per heavy atom. The first-order chi connectivity index (χ1) is 58.5. The molecule has 0 bridgehead atoms. The molecular weight excluding hydrogens is 1520 g/mol. The first-order valence-corrected chi connectivity index (χ1v) is 38.7. The van der Waals surface area contributed by atoms with E-state index in [0.717, 1.165) is 67.5 Å². The summed E-state index contributed by atoms with van der Waals surface area (Å²) >= 11 is 0. The summed E-state index contributed by atoms with van der Waals surface area (Å²) in [6.07, 6.45) is 12.9. The summed E-state index contributed by atoms with van der Waals surface area (Å²) in [5, 5.41) is 22.8. The Morgan fingerprint density at radius 3 is 0.642 bits per heavy atom. The molecule has 0 radical (unpaired) electrons. The van der Waals surface area contributed by atoms with Crippen LogP contribution in [-0.4, -0.2) is 120 Å². The van der Waals surface area contributed by atoms with Crippen molar-refractivity contribution in [3.63, 3.8) is 0 Å². The first-order valence-electron chi connectivity index (χ1n) is 38.7. The van der Waals surface area contributed by atoms with Gasteiger partial charge >= 0.3 is 0 Å². The number of carbonyl (C=O) groups is 8. The lowest BCUT2D eigenvalue weighted by atomic mass is 10.00. The van der Waals surface area contributed by atoms with Crippen LogP contribution >= 0.6 is 0 Å². The number of pyridine rings is 4. The van der Waals surface area contributed by atoms with Crippen molar-refractivity contribution in [2.45, 2.75) is 47.8 Å². The van der Waals surface area contributed by atoms with Crippen LogP contribution in [0.15, 0.2) is 292 Å². The van der Waals surface area contributed by atoms with Gasteiger partial charge in [-0.2, -0.15) is 0 Å². The van der Waals surface area contributed by atoms with Gasteiger partial charge in [0, 0.05) is 167 Å². The van der Waals surface area contributed by atoms with Crippen LogP contribution in [0.2, 0.25) is 0 Å². The van der Waals surface area contributed by atoms with E-state index in [1.807, 2.05) is 97.1 Å². The van der Waals surface area contributed by atoms with Crippen LogP contribution < -0.4 is 84.4 Å². The molecule has 0 aliphatic carbocycles. The molecule has 4 aromatic heterocycles. The van der Waals surface area contributed by atoms with Gasteiger partial charge in [0.05, 0.1) is 0 Å². The summed E-state index contributed by atoms with van der Waals surface area (Å²) in [6, 6.07) is 70.5. The summed E-state index contributed by atoms with van der Waals surface area (Å²) in [5.74, 6) is 0.420. The fraction of sp³-hybridized carbons (Fsp3) is 0.174. The standard InChI is InChI=1S/4C23H22N4O3/c4*24-20(13-26-23(29)19-14-30-21-4-2-1-3-18(19)21)15-5-7-16(8-6-15)22(28)27-17-9-11-25-12-10-17/h4*1-12,19-20H,13-14,24H2,(H,26,29)(H,25,27,28)/t19?,20-;2*19-,20+;19-,20-/m1100/s1. The van der Waals surface area contributed by atoms with Crippen LogP contribution in [0, 0.1) is 0 Å². The monoisotopic (exact) mass is 1610 g/mol. The van der Waals surface area contributed by atoms with Crippen molar-refractivity contribution in [1.82, 2.24) is 41.2 Å². The van der Waals surface area contributed by atoms with Crippen molar-refractivity contribution in [3.05, 3.63) is 359 Å². The predicted molar refractivity (Wildman–Crippen MR) is 453 cm³/mol. The Balaban J connectivity index is 0.000000138. The Hall–Kier alpha value is -14.8. The lowest BCUT2D eigenvalue weighted by Crippen LogP contribution is -2.35. The van der Waals surface area contributed by atoms with Crippen LogP contribution in [0.1, 0.15) is 134 Å². The molecule has 16 rings (SSSR count). The smallest absolute Gasteiger partial charge is 0.255 e. The molecular formula is C92H88N16O12. The highest BCUT2D eigenvalue weighted by atomic mass is 16.5. The molecule has 28 heteroatoms. The van der Waals surface area contributed by atoms with Gasteiger partial charge in [-0.15, -0.1) is 0 Å². The molecule has 28 nitrogen and oxygen atoms in total. The molecule has 8 atom stereocenters. The minimum Gasteiger partial charge on any atom is -0.492 e. The minimum absolute atomic E-state index is 0.108. The number of anilines is 4. The van der Waals surface area contributed by atoms with Gasteiger partial charge in [-0.1, -0.05) is 121 Å². The first kappa shape index (κ1) is 83.1. The Morgan fingerprint density at radius 2 is 0.450 bits per heavy atom. The van der Waals surface area contributed by atoms with Gasteiger partial charge in [0.15, 0.2) is 0 Å². The number of ether oxygens (including phenoxy) is 4. The molecule has 1 unspecified atom stereocenters. The number of aromatic nitrogens is 4. The second-order valence-corrected chi connectivity index (χ2v) is 28.3. The van der Waals surface area contributed by atoms with Crippen LogP contribution in [0.3, 0.4) is 0 Å². The number of hydrogen-bond acceptors (Lipinski definition) is 20. The Kier molecular flexibility index (Phi) is 28.1. The normalized spacial score (nSPS) is 15.6. The van der Waals surface area contributed by atoms with Gasteiger partial charge in [0.25, 0.3) is 23.6 Å².